The van der Waals surface area contributed by atoms with E-state index in [1.54, 1.807) is 0 Å². The van der Waals surface area contributed by atoms with Crippen LogP contribution < -0.4 is 10.6 Å². The third-order valence-corrected chi connectivity index (χ3v) is 3.34. The number of rotatable bonds is 5. The Hall–Kier alpha value is -1.36. The summed E-state index contributed by atoms with van der Waals surface area (Å²) in [6.07, 6.45) is 0. The Labute approximate surface area is 131 Å². The number of hydrogen-bond acceptors (Lipinski definition) is 2. The van der Waals surface area contributed by atoms with Crippen molar-refractivity contribution in [1.29, 1.82) is 0 Å². The highest BCUT2D eigenvalue weighted by Crippen LogP contribution is 2.15. The number of halogens is 2. The normalized spacial score (nSPS) is 10.3. The average molecular weight is 354 g/mol. The Morgan fingerprint density at radius 1 is 1.15 bits per heavy atom. The van der Waals surface area contributed by atoms with Gasteiger partial charge in [0.2, 0.25) is 5.91 Å². The first kappa shape index (κ1) is 15.0. The molecule has 0 atom stereocenters. The molecular formula is C15H14BrClN2O. The molecule has 0 aliphatic heterocycles. The third-order valence-electron chi connectivity index (χ3n) is 2.61. The summed E-state index contributed by atoms with van der Waals surface area (Å²) < 4.78 is 0.933. The van der Waals surface area contributed by atoms with Gasteiger partial charge in [0.25, 0.3) is 0 Å². The molecule has 0 heterocycles. The molecule has 0 radical (unpaired) electrons. The molecule has 0 aromatic heterocycles. The van der Waals surface area contributed by atoms with Gasteiger partial charge in [-0.1, -0.05) is 45.7 Å². The van der Waals surface area contributed by atoms with Gasteiger partial charge in [-0.3, -0.25) is 4.79 Å². The smallest absolute Gasteiger partial charge is 0.238 e. The summed E-state index contributed by atoms with van der Waals surface area (Å²) in [4.78, 5) is 11.8. The molecule has 0 aliphatic carbocycles. The average Bonchev–Trinajstić information content (AvgIpc) is 2.38. The SMILES string of the molecule is O=C(CNCc1cccc(Cl)c1)Nc1cccc(Br)c1. The summed E-state index contributed by atoms with van der Waals surface area (Å²) in [5, 5.41) is 6.60. The largest absolute Gasteiger partial charge is 0.325 e. The van der Waals surface area contributed by atoms with Crippen LogP contribution in [0.1, 0.15) is 5.56 Å². The van der Waals surface area contributed by atoms with E-state index in [1.165, 1.54) is 0 Å². The molecule has 0 spiro atoms. The lowest BCUT2D eigenvalue weighted by molar-refractivity contribution is -0.115. The molecule has 0 saturated heterocycles. The first-order valence-electron chi connectivity index (χ1n) is 6.14. The van der Waals surface area contributed by atoms with Crippen molar-refractivity contribution in [3.05, 3.63) is 63.6 Å². The van der Waals surface area contributed by atoms with E-state index in [4.69, 9.17) is 11.6 Å². The molecule has 20 heavy (non-hydrogen) atoms. The molecule has 2 rings (SSSR count). The van der Waals surface area contributed by atoms with Crippen LogP contribution in [0.5, 0.6) is 0 Å². The molecule has 0 aliphatic rings. The van der Waals surface area contributed by atoms with E-state index in [0.29, 0.717) is 11.6 Å². The minimum absolute atomic E-state index is 0.0786. The monoisotopic (exact) mass is 352 g/mol. The van der Waals surface area contributed by atoms with E-state index in [1.807, 2.05) is 48.5 Å². The fourth-order valence-electron chi connectivity index (χ4n) is 1.74. The summed E-state index contributed by atoms with van der Waals surface area (Å²) in [6.45, 7) is 0.853. The van der Waals surface area contributed by atoms with Crippen LogP contribution in [0.25, 0.3) is 0 Å². The van der Waals surface area contributed by atoms with E-state index in [0.717, 1.165) is 15.7 Å². The maximum Gasteiger partial charge on any atom is 0.238 e. The summed E-state index contributed by atoms with van der Waals surface area (Å²) in [5.41, 5.74) is 1.82. The highest BCUT2D eigenvalue weighted by atomic mass is 79.9. The molecule has 5 heteroatoms. The number of carbonyl (C=O) groups is 1. The minimum Gasteiger partial charge on any atom is -0.325 e. The Kier molecular flexibility index (Phi) is 5.59. The van der Waals surface area contributed by atoms with Crippen molar-refractivity contribution >= 4 is 39.1 Å². The van der Waals surface area contributed by atoms with Crippen LogP contribution >= 0.6 is 27.5 Å². The topological polar surface area (TPSA) is 41.1 Å². The Morgan fingerprint density at radius 2 is 1.95 bits per heavy atom. The van der Waals surface area contributed by atoms with E-state index in [-0.39, 0.29) is 12.5 Å². The lowest BCUT2D eigenvalue weighted by Crippen LogP contribution is -2.27. The summed E-state index contributed by atoms with van der Waals surface area (Å²) in [7, 11) is 0. The highest BCUT2D eigenvalue weighted by molar-refractivity contribution is 9.10. The molecule has 2 N–H and O–H groups in total. The predicted molar refractivity (Wildman–Crippen MR) is 85.9 cm³/mol. The van der Waals surface area contributed by atoms with Crippen LogP contribution in [0.2, 0.25) is 5.02 Å². The van der Waals surface area contributed by atoms with Crippen molar-refractivity contribution in [2.45, 2.75) is 6.54 Å². The number of hydrogen-bond donors (Lipinski definition) is 2. The minimum atomic E-state index is -0.0786. The molecule has 104 valence electrons. The molecule has 0 unspecified atom stereocenters. The second-order valence-corrected chi connectivity index (χ2v) is 5.64. The van der Waals surface area contributed by atoms with Gasteiger partial charge >= 0.3 is 0 Å². The molecule has 2 aromatic rings. The maximum absolute atomic E-state index is 11.8. The quantitative estimate of drug-likeness (QED) is 0.857. The van der Waals surface area contributed by atoms with Gasteiger partial charge in [0.05, 0.1) is 6.54 Å². The van der Waals surface area contributed by atoms with Crippen molar-refractivity contribution in [1.82, 2.24) is 5.32 Å². The molecule has 0 bridgehead atoms. The molecule has 0 saturated carbocycles. The van der Waals surface area contributed by atoms with Gasteiger partial charge in [0.15, 0.2) is 0 Å². The van der Waals surface area contributed by atoms with Crippen LogP contribution in [0.15, 0.2) is 53.0 Å². The summed E-state index contributed by atoms with van der Waals surface area (Å²) in [6, 6.07) is 15.0. The number of benzene rings is 2. The lowest BCUT2D eigenvalue weighted by Gasteiger charge is -2.07. The van der Waals surface area contributed by atoms with Crippen LogP contribution in [0, 0.1) is 0 Å². The van der Waals surface area contributed by atoms with Crippen molar-refractivity contribution in [2.24, 2.45) is 0 Å². The van der Waals surface area contributed by atoms with Crippen LogP contribution in [0.3, 0.4) is 0 Å². The zero-order chi connectivity index (χ0) is 14.4. The summed E-state index contributed by atoms with van der Waals surface area (Å²) in [5.74, 6) is -0.0786. The zero-order valence-electron chi connectivity index (χ0n) is 10.7. The maximum atomic E-state index is 11.8. The van der Waals surface area contributed by atoms with Gasteiger partial charge < -0.3 is 10.6 Å². The van der Waals surface area contributed by atoms with Crippen molar-refractivity contribution in [3.8, 4) is 0 Å². The van der Waals surface area contributed by atoms with Gasteiger partial charge in [0, 0.05) is 21.7 Å². The number of anilines is 1. The first-order chi connectivity index (χ1) is 9.63. The Balaban J connectivity index is 1.78. The van der Waals surface area contributed by atoms with E-state index in [9.17, 15) is 4.79 Å². The predicted octanol–water partition coefficient (Wildman–Crippen LogP) is 3.83. The van der Waals surface area contributed by atoms with Crippen LogP contribution in [-0.2, 0) is 11.3 Å². The Bertz CT molecular complexity index is 604. The molecule has 3 nitrogen and oxygen atoms in total. The lowest BCUT2D eigenvalue weighted by atomic mass is 10.2. The standard InChI is InChI=1S/C15H14BrClN2O/c16-12-4-2-6-14(8-12)19-15(20)10-18-9-11-3-1-5-13(17)7-11/h1-8,18H,9-10H2,(H,19,20). The van der Waals surface area contributed by atoms with Gasteiger partial charge in [-0.05, 0) is 35.9 Å². The van der Waals surface area contributed by atoms with Gasteiger partial charge in [0.1, 0.15) is 0 Å². The molecule has 0 fully saturated rings. The Morgan fingerprint density at radius 3 is 2.70 bits per heavy atom. The number of carbonyl (C=O) groups excluding carboxylic acids is 1. The fraction of sp³-hybridized carbons (Fsp3) is 0.133. The highest BCUT2D eigenvalue weighted by Gasteiger charge is 2.02. The zero-order valence-corrected chi connectivity index (χ0v) is 13.0. The van der Waals surface area contributed by atoms with Gasteiger partial charge in [-0.2, -0.15) is 0 Å². The van der Waals surface area contributed by atoms with E-state index >= 15 is 0 Å². The van der Waals surface area contributed by atoms with Crippen molar-refractivity contribution in [3.63, 3.8) is 0 Å². The third kappa shape index (κ3) is 4.96. The number of amides is 1. The second-order valence-electron chi connectivity index (χ2n) is 4.29. The van der Waals surface area contributed by atoms with Gasteiger partial charge in [-0.15, -0.1) is 0 Å². The van der Waals surface area contributed by atoms with Crippen LogP contribution in [-0.4, -0.2) is 12.5 Å². The molecule has 2 aromatic carbocycles. The van der Waals surface area contributed by atoms with Crippen molar-refractivity contribution < 1.29 is 4.79 Å². The van der Waals surface area contributed by atoms with Crippen molar-refractivity contribution in [2.75, 3.05) is 11.9 Å². The van der Waals surface area contributed by atoms with E-state index in [2.05, 4.69) is 26.6 Å². The van der Waals surface area contributed by atoms with Crippen LogP contribution in [0.4, 0.5) is 5.69 Å². The first-order valence-corrected chi connectivity index (χ1v) is 7.31. The molecular weight excluding hydrogens is 340 g/mol. The van der Waals surface area contributed by atoms with E-state index < -0.39 is 0 Å². The van der Waals surface area contributed by atoms with Gasteiger partial charge in [-0.25, -0.2) is 0 Å². The summed E-state index contributed by atoms with van der Waals surface area (Å²) >= 11 is 9.26. The molecule has 1 amide bonds. The number of nitrogens with one attached hydrogen (secondary N) is 2. The fourth-order valence-corrected chi connectivity index (χ4v) is 2.35. The second kappa shape index (κ2) is 7.43.